The summed E-state index contributed by atoms with van der Waals surface area (Å²) in [5.74, 6) is -0.865. The highest BCUT2D eigenvalue weighted by Crippen LogP contribution is 2.38. The molecule has 1 aliphatic carbocycles. The first-order valence-corrected chi connectivity index (χ1v) is 6.09. The number of hydrogen-bond donors (Lipinski definition) is 2. The molecule has 1 fully saturated rings. The molecule has 0 aromatic carbocycles. The molecule has 0 saturated heterocycles. The maximum Gasteiger partial charge on any atom is 0.337 e. The summed E-state index contributed by atoms with van der Waals surface area (Å²) >= 11 is 0. The van der Waals surface area contributed by atoms with Crippen molar-refractivity contribution >= 4 is 17.7 Å². The van der Waals surface area contributed by atoms with Gasteiger partial charge in [0, 0.05) is 13.3 Å². The lowest BCUT2D eigenvalue weighted by molar-refractivity contribution is -0.129. The summed E-state index contributed by atoms with van der Waals surface area (Å²) in [5, 5.41) is 11.4. The standard InChI is InChI=1S/C13H16N2O4/c1-19-13(5-2-6-13)7-11(16)15-10-4-3-9(8-14-10)12(17)18/h3-4,8H,2,5-7H2,1H3,(H,17,18)(H,14,15,16). The molecule has 2 rings (SSSR count). The van der Waals surface area contributed by atoms with Gasteiger partial charge in [0.1, 0.15) is 5.82 Å². The first-order valence-electron chi connectivity index (χ1n) is 6.09. The number of pyridine rings is 1. The van der Waals surface area contributed by atoms with Crippen LogP contribution in [0.4, 0.5) is 5.82 Å². The third-order valence-corrected chi connectivity index (χ3v) is 3.46. The monoisotopic (exact) mass is 264 g/mol. The molecule has 0 atom stereocenters. The maximum atomic E-state index is 11.9. The molecule has 2 N–H and O–H groups in total. The van der Waals surface area contributed by atoms with Gasteiger partial charge in [-0.2, -0.15) is 0 Å². The minimum Gasteiger partial charge on any atom is -0.478 e. The molecular weight excluding hydrogens is 248 g/mol. The summed E-state index contributed by atoms with van der Waals surface area (Å²) in [6.45, 7) is 0. The first kappa shape index (κ1) is 13.5. The Labute approximate surface area is 110 Å². The fraction of sp³-hybridized carbons (Fsp3) is 0.462. The summed E-state index contributed by atoms with van der Waals surface area (Å²) in [5.41, 5.74) is -0.240. The van der Waals surface area contributed by atoms with Gasteiger partial charge in [-0.15, -0.1) is 0 Å². The van der Waals surface area contributed by atoms with Crippen molar-refractivity contribution in [2.24, 2.45) is 0 Å². The fourth-order valence-electron chi connectivity index (χ4n) is 2.10. The van der Waals surface area contributed by atoms with Crippen molar-refractivity contribution in [2.45, 2.75) is 31.3 Å². The predicted octanol–water partition coefficient (Wildman–Crippen LogP) is 1.68. The zero-order valence-corrected chi connectivity index (χ0v) is 10.7. The summed E-state index contributed by atoms with van der Waals surface area (Å²) in [7, 11) is 1.62. The molecule has 0 radical (unpaired) electrons. The average molecular weight is 264 g/mol. The molecule has 19 heavy (non-hydrogen) atoms. The number of aromatic nitrogens is 1. The molecule has 0 bridgehead atoms. The minimum atomic E-state index is -1.04. The van der Waals surface area contributed by atoms with Gasteiger partial charge in [-0.25, -0.2) is 9.78 Å². The number of ether oxygens (including phenoxy) is 1. The Morgan fingerprint density at radius 1 is 1.47 bits per heavy atom. The maximum absolute atomic E-state index is 11.9. The van der Waals surface area contributed by atoms with Crippen molar-refractivity contribution in [3.63, 3.8) is 0 Å². The van der Waals surface area contributed by atoms with Gasteiger partial charge in [0.15, 0.2) is 0 Å². The number of amides is 1. The van der Waals surface area contributed by atoms with Crippen molar-refractivity contribution in [3.05, 3.63) is 23.9 Å². The number of carbonyl (C=O) groups excluding carboxylic acids is 1. The third-order valence-electron chi connectivity index (χ3n) is 3.46. The third kappa shape index (κ3) is 3.08. The second-order valence-electron chi connectivity index (χ2n) is 4.70. The topological polar surface area (TPSA) is 88.5 Å². The lowest BCUT2D eigenvalue weighted by Gasteiger charge is -2.39. The van der Waals surface area contributed by atoms with E-state index in [1.165, 1.54) is 18.3 Å². The number of nitrogens with zero attached hydrogens (tertiary/aromatic N) is 1. The van der Waals surface area contributed by atoms with Crippen molar-refractivity contribution in [1.82, 2.24) is 4.98 Å². The van der Waals surface area contributed by atoms with Crippen LogP contribution >= 0.6 is 0 Å². The van der Waals surface area contributed by atoms with Crippen molar-refractivity contribution in [1.29, 1.82) is 0 Å². The number of aromatic carboxylic acids is 1. The van der Waals surface area contributed by atoms with Crippen LogP contribution < -0.4 is 5.32 Å². The second kappa shape index (κ2) is 5.36. The highest BCUT2D eigenvalue weighted by atomic mass is 16.5. The van der Waals surface area contributed by atoms with Gasteiger partial charge >= 0.3 is 5.97 Å². The molecule has 1 aliphatic rings. The lowest BCUT2D eigenvalue weighted by atomic mass is 9.77. The molecule has 1 heterocycles. The number of nitrogens with one attached hydrogen (secondary N) is 1. The van der Waals surface area contributed by atoms with Gasteiger partial charge in [-0.05, 0) is 31.4 Å². The van der Waals surface area contributed by atoms with E-state index in [2.05, 4.69) is 10.3 Å². The van der Waals surface area contributed by atoms with Crippen LogP contribution in [0.3, 0.4) is 0 Å². The van der Waals surface area contributed by atoms with Gasteiger partial charge in [-0.3, -0.25) is 4.79 Å². The quantitative estimate of drug-likeness (QED) is 0.844. The molecular formula is C13H16N2O4. The zero-order valence-electron chi connectivity index (χ0n) is 10.7. The van der Waals surface area contributed by atoms with Gasteiger partial charge < -0.3 is 15.2 Å². The second-order valence-corrected chi connectivity index (χ2v) is 4.70. The largest absolute Gasteiger partial charge is 0.478 e. The molecule has 6 nitrogen and oxygen atoms in total. The molecule has 0 unspecified atom stereocenters. The predicted molar refractivity (Wildman–Crippen MR) is 68.0 cm³/mol. The summed E-state index contributed by atoms with van der Waals surface area (Å²) in [6, 6.07) is 2.88. The van der Waals surface area contributed by atoms with Crippen molar-refractivity contribution in [2.75, 3.05) is 12.4 Å². The number of anilines is 1. The molecule has 1 amide bonds. The SMILES string of the molecule is COC1(CC(=O)Nc2ccc(C(=O)O)cn2)CCC1. The van der Waals surface area contributed by atoms with Crippen LogP contribution in [0.1, 0.15) is 36.0 Å². The van der Waals surface area contributed by atoms with Gasteiger partial charge in [0.2, 0.25) is 5.91 Å². The van der Waals surface area contributed by atoms with Gasteiger partial charge in [0.25, 0.3) is 0 Å². The zero-order chi connectivity index (χ0) is 13.9. The average Bonchev–Trinajstić information content (AvgIpc) is 2.34. The van der Waals surface area contributed by atoms with Gasteiger partial charge in [-0.1, -0.05) is 0 Å². The molecule has 0 spiro atoms. The number of methoxy groups -OCH3 is 1. The number of carbonyl (C=O) groups is 2. The number of carboxylic acids is 1. The van der Waals surface area contributed by atoms with Crippen LogP contribution in [0.2, 0.25) is 0 Å². The molecule has 1 aromatic heterocycles. The smallest absolute Gasteiger partial charge is 0.337 e. The molecule has 0 aliphatic heterocycles. The van der Waals surface area contributed by atoms with Crippen LogP contribution in [0.15, 0.2) is 18.3 Å². The van der Waals surface area contributed by atoms with E-state index in [9.17, 15) is 9.59 Å². The van der Waals surface area contributed by atoms with E-state index in [1.807, 2.05) is 0 Å². The van der Waals surface area contributed by atoms with Crippen LogP contribution in [0, 0.1) is 0 Å². The minimum absolute atomic E-state index is 0.0883. The Bertz CT molecular complexity index is 474. The normalized spacial score (nSPS) is 16.5. The lowest BCUT2D eigenvalue weighted by Crippen LogP contribution is -2.42. The molecule has 1 saturated carbocycles. The van der Waals surface area contributed by atoms with Crippen LogP contribution in [-0.2, 0) is 9.53 Å². The van der Waals surface area contributed by atoms with Crippen LogP contribution in [0.25, 0.3) is 0 Å². The van der Waals surface area contributed by atoms with E-state index >= 15 is 0 Å². The van der Waals surface area contributed by atoms with E-state index in [-0.39, 0.29) is 17.1 Å². The van der Waals surface area contributed by atoms with E-state index in [4.69, 9.17) is 9.84 Å². The van der Waals surface area contributed by atoms with Gasteiger partial charge in [0.05, 0.1) is 17.6 Å². The Kier molecular flexibility index (Phi) is 3.80. The molecule has 1 aromatic rings. The van der Waals surface area contributed by atoms with E-state index in [1.54, 1.807) is 7.11 Å². The first-order chi connectivity index (χ1) is 9.04. The highest BCUT2D eigenvalue weighted by molar-refractivity contribution is 5.91. The Morgan fingerprint density at radius 3 is 2.63 bits per heavy atom. The number of carboxylic acid groups (broad SMARTS) is 1. The number of rotatable bonds is 5. The molecule has 6 heteroatoms. The van der Waals surface area contributed by atoms with E-state index < -0.39 is 5.97 Å². The summed E-state index contributed by atoms with van der Waals surface area (Å²) in [4.78, 5) is 26.4. The summed E-state index contributed by atoms with van der Waals surface area (Å²) in [6.07, 6.45) is 4.37. The highest BCUT2D eigenvalue weighted by Gasteiger charge is 2.39. The Hall–Kier alpha value is -1.95. The van der Waals surface area contributed by atoms with E-state index in [0.29, 0.717) is 12.2 Å². The Balaban J connectivity index is 1.93. The van der Waals surface area contributed by atoms with Crippen LogP contribution in [0.5, 0.6) is 0 Å². The van der Waals surface area contributed by atoms with E-state index in [0.717, 1.165) is 19.3 Å². The van der Waals surface area contributed by atoms with Crippen molar-refractivity contribution < 1.29 is 19.4 Å². The fourth-order valence-corrected chi connectivity index (χ4v) is 2.10. The Morgan fingerprint density at radius 2 is 2.21 bits per heavy atom. The van der Waals surface area contributed by atoms with Crippen LogP contribution in [-0.4, -0.2) is 34.7 Å². The molecule has 102 valence electrons. The van der Waals surface area contributed by atoms with Crippen molar-refractivity contribution in [3.8, 4) is 0 Å². The number of hydrogen-bond acceptors (Lipinski definition) is 4. The summed E-state index contributed by atoms with van der Waals surface area (Å²) < 4.78 is 5.37.